The summed E-state index contributed by atoms with van der Waals surface area (Å²) in [4.78, 5) is 0. The summed E-state index contributed by atoms with van der Waals surface area (Å²) < 4.78 is 0. The van der Waals surface area contributed by atoms with Crippen LogP contribution >= 0.6 is 0 Å². The predicted octanol–water partition coefficient (Wildman–Crippen LogP) is 2.92. The van der Waals surface area contributed by atoms with Crippen LogP contribution in [0.3, 0.4) is 0 Å². The molecule has 5 aliphatic carbocycles. The van der Waals surface area contributed by atoms with Gasteiger partial charge in [0.2, 0.25) is 0 Å². The quantitative estimate of drug-likeness (QED) is 0.817. The van der Waals surface area contributed by atoms with Crippen LogP contribution in [0.4, 0.5) is 0 Å². The molecule has 19 heavy (non-hydrogen) atoms. The van der Waals surface area contributed by atoms with Crippen LogP contribution in [-0.2, 0) is 0 Å². The molecular weight excluding hydrogens is 232 g/mol. The first-order valence-corrected chi connectivity index (χ1v) is 8.64. The first kappa shape index (κ1) is 12.6. The third-order valence-corrected chi connectivity index (χ3v) is 6.87. The van der Waals surface area contributed by atoms with Gasteiger partial charge in [-0.2, -0.15) is 0 Å². The first-order valence-electron chi connectivity index (χ1n) is 8.64. The molecular formula is C17H30N2. The van der Waals surface area contributed by atoms with Crippen molar-refractivity contribution in [2.45, 2.75) is 69.9 Å². The molecule has 0 aromatic carbocycles. The van der Waals surface area contributed by atoms with Crippen molar-refractivity contribution in [3.63, 3.8) is 0 Å². The molecule has 2 heteroatoms. The summed E-state index contributed by atoms with van der Waals surface area (Å²) in [5.74, 6) is 4.83. The van der Waals surface area contributed by atoms with E-state index in [4.69, 9.17) is 5.73 Å². The first-order chi connectivity index (χ1) is 9.12. The molecule has 0 aromatic rings. The summed E-state index contributed by atoms with van der Waals surface area (Å²) in [5, 5.41) is 3.74. The summed E-state index contributed by atoms with van der Waals surface area (Å²) in [7, 11) is 0. The number of nitrogens with two attached hydrogens (primary N) is 1. The van der Waals surface area contributed by atoms with Crippen molar-refractivity contribution in [3.8, 4) is 0 Å². The number of hydrogen-bond acceptors (Lipinski definition) is 2. The average Bonchev–Trinajstić information content (AvgIpc) is 2.24. The van der Waals surface area contributed by atoms with E-state index < -0.39 is 0 Å². The minimum absolute atomic E-state index is 0.0260. The zero-order chi connectivity index (χ0) is 13.0. The van der Waals surface area contributed by atoms with Gasteiger partial charge in [0.05, 0.1) is 0 Å². The molecule has 2 nitrogen and oxygen atoms in total. The fourth-order valence-electron chi connectivity index (χ4n) is 6.10. The molecule has 1 unspecified atom stereocenters. The third-order valence-electron chi connectivity index (χ3n) is 6.87. The molecule has 0 amide bonds. The van der Waals surface area contributed by atoms with Crippen LogP contribution in [0.5, 0.6) is 0 Å². The van der Waals surface area contributed by atoms with Gasteiger partial charge in [0.1, 0.15) is 0 Å². The number of nitrogens with one attached hydrogen (secondary N) is 1. The lowest BCUT2D eigenvalue weighted by molar-refractivity contribution is -0.0663. The van der Waals surface area contributed by atoms with Gasteiger partial charge in [-0.3, -0.25) is 0 Å². The second-order valence-corrected chi connectivity index (χ2v) is 8.47. The van der Waals surface area contributed by atoms with Crippen molar-refractivity contribution < 1.29 is 0 Å². The van der Waals surface area contributed by atoms with Gasteiger partial charge in [-0.05, 0) is 81.5 Å². The van der Waals surface area contributed by atoms with Crippen LogP contribution in [0.15, 0.2) is 0 Å². The van der Waals surface area contributed by atoms with Crippen molar-refractivity contribution in [1.82, 2.24) is 5.32 Å². The van der Waals surface area contributed by atoms with Gasteiger partial charge in [-0.1, -0.05) is 6.42 Å². The van der Waals surface area contributed by atoms with Crippen LogP contribution in [0.25, 0.3) is 0 Å². The fourth-order valence-corrected chi connectivity index (χ4v) is 6.10. The molecule has 3 N–H and O–H groups in total. The smallest absolute Gasteiger partial charge is 0.0286 e. The second-order valence-electron chi connectivity index (χ2n) is 8.47. The third kappa shape index (κ3) is 2.15. The highest BCUT2D eigenvalue weighted by atomic mass is 15.0. The molecule has 108 valence electrons. The summed E-state index contributed by atoms with van der Waals surface area (Å²) in [5.41, 5.74) is 6.83. The highest BCUT2D eigenvalue weighted by Gasteiger charge is 2.53. The maximum absolute atomic E-state index is 6.81. The Labute approximate surface area is 117 Å². The Balaban J connectivity index is 1.44. The van der Waals surface area contributed by atoms with Crippen LogP contribution in [0.1, 0.15) is 58.3 Å². The molecule has 0 aliphatic heterocycles. The van der Waals surface area contributed by atoms with Crippen molar-refractivity contribution in [2.24, 2.45) is 35.3 Å². The number of hydrogen-bond donors (Lipinski definition) is 2. The Morgan fingerprint density at radius 3 is 2.05 bits per heavy atom. The van der Waals surface area contributed by atoms with Crippen molar-refractivity contribution in [3.05, 3.63) is 0 Å². The summed E-state index contributed by atoms with van der Waals surface area (Å²) in [6, 6.07) is 0.778. The minimum atomic E-state index is 0.0260. The van der Waals surface area contributed by atoms with E-state index in [2.05, 4.69) is 12.2 Å². The Kier molecular flexibility index (Phi) is 2.97. The molecule has 0 radical (unpaired) electrons. The minimum Gasteiger partial charge on any atom is -0.324 e. The maximum Gasteiger partial charge on any atom is 0.0286 e. The van der Waals surface area contributed by atoms with E-state index in [1.165, 1.54) is 44.9 Å². The van der Waals surface area contributed by atoms with E-state index in [-0.39, 0.29) is 5.54 Å². The van der Waals surface area contributed by atoms with Crippen LogP contribution in [0.2, 0.25) is 0 Å². The van der Waals surface area contributed by atoms with E-state index in [1.807, 2.05) is 0 Å². The summed E-state index contributed by atoms with van der Waals surface area (Å²) in [6.45, 7) is 3.39. The summed E-state index contributed by atoms with van der Waals surface area (Å²) >= 11 is 0. The Morgan fingerprint density at radius 1 is 1.00 bits per heavy atom. The lowest BCUT2D eigenvalue weighted by Crippen LogP contribution is -2.62. The van der Waals surface area contributed by atoms with E-state index in [1.54, 1.807) is 6.42 Å². The molecule has 4 bridgehead atoms. The molecule has 0 aromatic heterocycles. The normalized spacial score (nSPS) is 48.0. The monoisotopic (exact) mass is 262 g/mol. The van der Waals surface area contributed by atoms with Gasteiger partial charge in [-0.25, -0.2) is 0 Å². The SMILES string of the molecule is CC(N)(CNC1CCC1)C1C2CC3CC(C2)CC1C3. The van der Waals surface area contributed by atoms with E-state index >= 15 is 0 Å². The Bertz CT molecular complexity index is 317. The van der Waals surface area contributed by atoms with E-state index in [0.717, 1.165) is 42.2 Å². The van der Waals surface area contributed by atoms with E-state index in [0.29, 0.717) is 0 Å². The standard InChI is InChI=1S/C17H30N2/c1-17(18,10-19-15-3-2-4-15)16-13-6-11-5-12(8-13)9-14(16)7-11/h11-16,19H,2-10,18H2,1H3. The Hall–Kier alpha value is -0.0800. The zero-order valence-corrected chi connectivity index (χ0v) is 12.4. The fraction of sp³-hybridized carbons (Fsp3) is 1.00. The second kappa shape index (κ2) is 4.46. The Morgan fingerprint density at radius 2 is 1.58 bits per heavy atom. The van der Waals surface area contributed by atoms with Crippen molar-refractivity contribution in [2.75, 3.05) is 6.54 Å². The molecule has 0 saturated heterocycles. The lowest BCUT2D eigenvalue weighted by Gasteiger charge is -2.58. The largest absolute Gasteiger partial charge is 0.324 e. The maximum atomic E-state index is 6.81. The molecule has 0 spiro atoms. The predicted molar refractivity (Wildman–Crippen MR) is 78.8 cm³/mol. The average molecular weight is 262 g/mol. The van der Waals surface area contributed by atoms with Gasteiger partial charge in [0.25, 0.3) is 0 Å². The van der Waals surface area contributed by atoms with Gasteiger partial charge >= 0.3 is 0 Å². The van der Waals surface area contributed by atoms with Gasteiger partial charge in [-0.15, -0.1) is 0 Å². The van der Waals surface area contributed by atoms with Crippen LogP contribution in [0, 0.1) is 29.6 Å². The molecule has 5 fully saturated rings. The molecule has 5 saturated carbocycles. The molecule has 5 aliphatic rings. The van der Waals surface area contributed by atoms with Crippen molar-refractivity contribution in [1.29, 1.82) is 0 Å². The topological polar surface area (TPSA) is 38.0 Å². The highest BCUT2D eigenvalue weighted by Crippen LogP contribution is 2.58. The molecule has 5 rings (SSSR count). The summed E-state index contributed by atoms with van der Waals surface area (Å²) in [6.07, 6.45) is 11.7. The van der Waals surface area contributed by atoms with Crippen LogP contribution in [-0.4, -0.2) is 18.1 Å². The van der Waals surface area contributed by atoms with Gasteiger partial charge in [0.15, 0.2) is 0 Å². The lowest BCUT2D eigenvalue weighted by atomic mass is 9.48. The zero-order valence-electron chi connectivity index (χ0n) is 12.4. The molecule has 0 heterocycles. The number of rotatable bonds is 4. The molecule has 1 atom stereocenters. The van der Waals surface area contributed by atoms with Gasteiger partial charge in [0, 0.05) is 18.1 Å². The van der Waals surface area contributed by atoms with Crippen LogP contribution < -0.4 is 11.1 Å². The van der Waals surface area contributed by atoms with E-state index in [9.17, 15) is 0 Å². The van der Waals surface area contributed by atoms with Gasteiger partial charge < -0.3 is 11.1 Å². The highest BCUT2D eigenvalue weighted by molar-refractivity contribution is 5.06. The van der Waals surface area contributed by atoms with Crippen molar-refractivity contribution >= 4 is 0 Å².